The lowest BCUT2D eigenvalue weighted by Crippen LogP contribution is -2.12. The van der Waals surface area contributed by atoms with Crippen molar-refractivity contribution < 1.29 is 13.9 Å². The van der Waals surface area contributed by atoms with Crippen LogP contribution in [-0.4, -0.2) is 13.2 Å². The van der Waals surface area contributed by atoms with Crippen molar-refractivity contribution in [3.63, 3.8) is 0 Å². The Labute approximate surface area is 131 Å². The van der Waals surface area contributed by atoms with E-state index in [2.05, 4.69) is 15.9 Å². The molecule has 3 nitrogen and oxygen atoms in total. The molecule has 1 atom stereocenters. The fraction of sp³-hybridized carbons (Fsp3) is 0.250. The van der Waals surface area contributed by atoms with Crippen LogP contribution in [0.25, 0.3) is 0 Å². The molecule has 0 spiro atoms. The third-order valence-electron chi connectivity index (χ3n) is 3.37. The first-order valence-electron chi connectivity index (χ1n) is 6.74. The molecule has 1 aliphatic rings. The molecule has 0 aliphatic carbocycles. The first kappa shape index (κ1) is 14.4. The second-order valence-electron chi connectivity index (χ2n) is 4.94. The fourth-order valence-electron chi connectivity index (χ4n) is 2.32. The van der Waals surface area contributed by atoms with Crippen molar-refractivity contribution in [1.82, 2.24) is 0 Å². The van der Waals surface area contributed by atoms with Crippen LogP contribution in [0.4, 0.5) is 4.39 Å². The highest BCUT2D eigenvalue weighted by molar-refractivity contribution is 9.10. The van der Waals surface area contributed by atoms with Gasteiger partial charge in [-0.2, -0.15) is 0 Å². The van der Waals surface area contributed by atoms with Gasteiger partial charge in [0.1, 0.15) is 5.82 Å². The molecule has 0 radical (unpaired) electrons. The highest BCUT2D eigenvalue weighted by atomic mass is 79.9. The van der Waals surface area contributed by atoms with E-state index in [1.807, 2.05) is 24.3 Å². The molecule has 0 saturated heterocycles. The van der Waals surface area contributed by atoms with Crippen LogP contribution in [0.15, 0.2) is 40.9 Å². The normalized spacial score (nSPS) is 15.4. The van der Waals surface area contributed by atoms with Gasteiger partial charge in [-0.3, -0.25) is 0 Å². The summed E-state index contributed by atoms with van der Waals surface area (Å²) in [6.07, 6.45) is 0.854. The molecule has 1 unspecified atom stereocenters. The second-order valence-corrected chi connectivity index (χ2v) is 5.85. The second kappa shape index (κ2) is 6.03. The number of hydrogen-bond acceptors (Lipinski definition) is 3. The van der Waals surface area contributed by atoms with E-state index in [0.717, 1.165) is 17.7 Å². The van der Waals surface area contributed by atoms with Crippen molar-refractivity contribution >= 4 is 15.9 Å². The van der Waals surface area contributed by atoms with Crippen LogP contribution in [0.1, 0.15) is 23.6 Å². The van der Waals surface area contributed by atoms with Crippen molar-refractivity contribution in [2.24, 2.45) is 5.73 Å². The number of hydrogen-bond donors (Lipinski definition) is 1. The third kappa shape index (κ3) is 3.19. The zero-order valence-corrected chi connectivity index (χ0v) is 12.9. The van der Waals surface area contributed by atoms with Gasteiger partial charge in [-0.1, -0.05) is 22.0 Å². The average Bonchev–Trinajstić information content (AvgIpc) is 2.69. The Morgan fingerprint density at radius 1 is 1.00 bits per heavy atom. The van der Waals surface area contributed by atoms with Gasteiger partial charge in [0.25, 0.3) is 0 Å². The van der Waals surface area contributed by atoms with Gasteiger partial charge in [0.15, 0.2) is 11.5 Å². The summed E-state index contributed by atoms with van der Waals surface area (Å²) in [5, 5.41) is 0. The first-order chi connectivity index (χ1) is 10.1. The summed E-state index contributed by atoms with van der Waals surface area (Å²) in [4.78, 5) is 0. The predicted octanol–water partition coefficient (Wildman–Crippen LogP) is 3.80. The van der Waals surface area contributed by atoms with Gasteiger partial charge in [-0.15, -0.1) is 0 Å². The minimum absolute atomic E-state index is 0.316. The molecule has 0 saturated carbocycles. The Hall–Kier alpha value is -1.59. The van der Waals surface area contributed by atoms with E-state index in [1.54, 1.807) is 0 Å². The standard InChI is InChI=1S/C16H15BrFNO2/c17-12-6-11(7-13(18)9-12)16(19)10-2-3-14-15(8-10)21-5-1-4-20-14/h2-3,6-9,16H,1,4-5,19H2. The van der Waals surface area contributed by atoms with Crippen LogP contribution >= 0.6 is 15.9 Å². The molecule has 0 fully saturated rings. The van der Waals surface area contributed by atoms with Crippen LogP contribution in [0, 0.1) is 5.82 Å². The highest BCUT2D eigenvalue weighted by Gasteiger charge is 2.16. The zero-order chi connectivity index (χ0) is 14.8. The third-order valence-corrected chi connectivity index (χ3v) is 3.83. The monoisotopic (exact) mass is 351 g/mol. The van der Waals surface area contributed by atoms with Gasteiger partial charge in [0, 0.05) is 10.9 Å². The SMILES string of the molecule is NC(c1cc(F)cc(Br)c1)c1ccc2c(c1)OCCCO2. The van der Waals surface area contributed by atoms with Crippen LogP contribution in [0.2, 0.25) is 0 Å². The van der Waals surface area contributed by atoms with Crippen LogP contribution in [0.5, 0.6) is 11.5 Å². The molecule has 2 aromatic carbocycles. The van der Waals surface area contributed by atoms with Crippen LogP contribution in [0.3, 0.4) is 0 Å². The number of benzene rings is 2. The zero-order valence-electron chi connectivity index (χ0n) is 11.3. The molecule has 1 aliphatic heterocycles. The van der Waals surface area contributed by atoms with E-state index in [0.29, 0.717) is 29.0 Å². The topological polar surface area (TPSA) is 44.5 Å². The molecule has 0 bridgehead atoms. The van der Waals surface area contributed by atoms with Crippen molar-refractivity contribution in [3.8, 4) is 11.5 Å². The largest absolute Gasteiger partial charge is 0.490 e. The Morgan fingerprint density at radius 3 is 2.52 bits per heavy atom. The maximum atomic E-state index is 13.5. The van der Waals surface area contributed by atoms with E-state index in [-0.39, 0.29) is 5.82 Å². The smallest absolute Gasteiger partial charge is 0.161 e. The molecular formula is C16H15BrFNO2. The van der Waals surface area contributed by atoms with Crippen LogP contribution < -0.4 is 15.2 Å². The summed E-state index contributed by atoms with van der Waals surface area (Å²) >= 11 is 3.28. The van der Waals surface area contributed by atoms with E-state index < -0.39 is 6.04 Å². The molecule has 1 heterocycles. The van der Waals surface area contributed by atoms with Crippen molar-refractivity contribution in [2.45, 2.75) is 12.5 Å². The quantitative estimate of drug-likeness (QED) is 0.894. The van der Waals surface area contributed by atoms with E-state index in [1.165, 1.54) is 12.1 Å². The van der Waals surface area contributed by atoms with Crippen LogP contribution in [-0.2, 0) is 0 Å². The number of rotatable bonds is 2. The van der Waals surface area contributed by atoms with Crippen molar-refractivity contribution in [2.75, 3.05) is 13.2 Å². The molecule has 21 heavy (non-hydrogen) atoms. The van der Waals surface area contributed by atoms with Gasteiger partial charge >= 0.3 is 0 Å². The summed E-state index contributed by atoms with van der Waals surface area (Å²) in [5.74, 6) is 1.10. The lowest BCUT2D eigenvalue weighted by Gasteiger charge is -2.15. The summed E-state index contributed by atoms with van der Waals surface area (Å²) < 4.78 is 25.4. The molecule has 2 aromatic rings. The molecule has 110 valence electrons. The maximum absolute atomic E-state index is 13.5. The number of nitrogens with two attached hydrogens (primary N) is 1. The Kier molecular flexibility index (Phi) is 4.12. The van der Waals surface area contributed by atoms with Gasteiger partial charge < -0.3 is 15.2 Å². The summed E-state index contributed by atoms with van der Waals surface area (Å²) in [5.41, 5.74) is 7.81. The fourth-order valence-corrected chi connectivity index (χ4v) is 2.80. The van der Waals surface area contributed by atoms with Gasteiger partial charge in [0.05, 0.1) is 19.3 Å². The lowest BCUT2D eigenvalue weighted by atomic mass is 9.99. The first-order valence-corrected chi connectivity index (χ1v) is 7.54. The van der Waals surface area contributed by atoms with Crippen molar-refractivity contribution in [1.29, 1.82) is 0 Å². The molecular weight excluding hydrogens is 337 g/mol. The minimum atomic E-state index is -0.422. The highest BCUT2D eigenvalue weighted by Crippen LogP contribution is 2.33. The Bertz CT molecular complexity index is 642. The summed E-state index contributed by atoms with van der Waals surface area (Å²) in [6, 6.07) is 9.85. The van der Waals surface area contributed by atoms with Gasteiger partial charge in [-0.25, -0.2) is 4.39 Å². The minimum Gasteiger partial charge on any atom is -0.490 e. The molecule has 5 heteroatoms. The average molecular weight is 352 g/mol. The molecule has 0 amide bonds. The molecule has 0 aromatic heterocycles. The lowest BCUT2D eigenvalue weighted by molar-refractivity contribution is 0.297. The Balaban J connectivity index is 1.94. The summed E-state index contributed by atoms with van der Waals surface area (Å²) in [7, 11) is 0. The predicted molar refractivity (Wildman–Crippen MR) is 82.2 cm³/mol. The number of fused-ring (bicyclic) bond motifs is 1. The maximum Gasteiger partial charge on any atom is 0.161 e. The van der Waals surface area contributed by atoms with Gasteiger partial charge in [-0.05, 0) is 41.5 Å². The Morgan fingerprint density at radius 2 is 1.76 bits per heavy atom. The van der Waals surface area contributed by atoms with Gasteiger partial charge in [0.2, 0.25) is 0 Å². The van der Waals surface area contributed by atoms with Crippen molar-refractivity contribution in [3.05, 3.63) is 57.8 Å². The number of ether oxygens (including phenoxy) is 2. The molecule has 2 N–H and O–H groups in total. The molecule has 3 rings (SSSR count). The summed E-state index contributed by atoms with van der Waals surface area (Å²) in [6.45, 7) is 1.27. The van der Waals surface area contributed by atoms with E-state index in [4.69, 9.17) is 15.2 Å². The van der Waals surface area contributed by atoms with E-state index >= 15 is 0 Å². The number of halogens is 2. The van der Waals surface area contributed by atoms with E-state index in [9.17, 15) is 4.39 Å².